The molecule has 1 aliphatic heterocycles. The fourth-order valence-corrected chi connectivity index (χ4v) is 2.75. The second-order valence-corrected chi connectivity index (χ2v) is 7.26. The number of hydrogen-bond donors (Lipinski definition) is 1. The summed E-state index contributed by atoms with van der Waals surface area (Å²) >= 11 is 5.69. The first-order valence-corrected chi connectivity index (χ1v) is 8.32. The van der Waals surface area contributed by atoms with Gasteiger partial charge in [-0.3, -0.25) is 9.69 Å². The fourth-order valence-electron chi connectivity index (χ4n) is 2.56. The van der Waals surface area contributed by atoms with Crippen LogP contribution in [0.15, 0.2) is 18.2 Å². The molecule has 1 aromatic rings. The van der Waals surface area contributed by atoms with E-state index in [0.717, 1.165) is 4.90 Å². The number of likely N-dealkylation sites (tertiary alicyclic amines) is 1. The summed E-state index contributed by atoms with van der Waals surface area (Å²) in [6, 6.07) is 3.11. The molecule has 2 amide bonds. The molecule has 0 bridgehead atoms. The summed E-state index contributed by atoms with van der Waals surface area (Å²) < 4.78 is 33.2. The summed E-state index contributed by atoms with van der Waals surface area (Å²) in [4.78, 5) is 25.6. The molecule has 138 valence electrons. The van der Waals surface area contributed by atoms with Crippen LogP contribution in [0.2, 0.25) is 5.02 Å². The third kappa shape index (κ3) is 4.81. The normalized spacial score (nSPS) is 20.5. The van der Waals surface area contributed by atoms with Gasteiger partial charge in [-0.15, -0.1) is 0 Å². The monoisotopic (exact) mass is 374 g/mol. The Bertz CT molecular complexity index is 664. The number of carbonyl (C=O) groups is 2. The Balaban J connectivity index is 2.05. The number of rotatable bonds is 3. The van der Waals surface area contributed by atoms with Crippen LogP contribution in [0, 0.1) is 5.82 Å². The predicted octanol–water partition coefficient (Wildman–Crippen LogP) is 3.44. The molecule has 1 N–H and O–H groups in total. The summed E-state index contributed by atoms with van der Waals surface area (Å²) in [6.07, 6.45) is -2.21. The molecule has 0 spiro atoms. The van der Waals surface area contributed by atoms with Crippen LogP contribution in [0.5, 0.6) is 0 Å². The van der Waals surface area contributed by atoms with Crippen LogP contribution in [0.25, 0.3) is 0 Å². The van der Waals surface area contributed by atoms with E-state index in [4.69, 9.17) is 16.3 Å². The molecular formula is C17H21ClF2N2O3. The summed E-state index contributed by atoms with van der Waals surface area (Å²) in [5.74, 6) is -1.34. The van der Waals surface area contributed by atoms with Crippen LogP contribution in [0.4, 0.5) is 13.6 Å². The minimum absolute atomic E-state index is 0.0445. The highest BCUT2D eigenvalue weighted by Gasteiger charge is 2.43. The molecule has 0 radical (unpaired) electrons. The van der Waals surface area contributed by atoms with Gasteiger partial charge in [0.2, 0.25) is 5.91 Å². The number of benzene rings is 1. The van der Waals surface area contributed by atoms with Gasteiger partial charge in [0, 0.05) is 18.7 Å². The zero-order chi connectivity index (χ0) is 18.8. The van der Waals surface area contributed by atoms with Crippen molar-refractivity contribution in [2.45, 2.75) is 51.6 Å². The third-order valence-electron chi connectivity index (χ3n) is 3.71. The average Bonchev–Trinajstić information content (AvgIpc) is 2.89. The SMILES string of the molecule is CC(C)(C)OC(=O)N1CC[C@@H](F)[C@H]1C(=O)NCc1cccc(Cl)c1F. The Morgan fingerprint density at radius 3 is 2.72 bits per heavy atom. The van der Waals surface area contributed by atoms with Crippen molar-refractivity contribution in [1.29, 1.82) is 0 Å². The number of halogens is 3. The van der Waals surface area contributed by atoms with Gasteiger partial charge in [-0.1, -0.05) is 23.7 Å². The van der Waals surface area contributed by atoms with Crippen LogP contribution in [-0.2, 0) is 16.1 Å². The lowest BCUT2D eigenvalue weighted by Crippen LogP contribution is -2.50. The quantitative estimate of drug-likeness (QED) is 0.881. The van der Waals surface area contributed by atoms with E-state index < -0.39 is 35.6 Å². The molecule has 0 unspecified atom stereocenters. The van der Waals surface area contributed by atoms with E-state index >= 15 is 0 Å². The van der Waals surface area contributed by atoms with Crippen molar-refractivity contribution in [2.75, 3.05) is 6.54 Å². The summed E-state index contributed by atoms with van der Waals surface area (Å²) in [5.41, 5.74) is -0.575. The highest BCUT2D eigenvalue weighted by Crippen LogP contribution is 2.24. The summed E-state index contributed by atoms with van der Waals surface area (Å²) in [6.45, 7) is 4.98. The van der Waals surface area contributed by atoms with Gasteiger partial charge < -0.3 is 10.1 Å². The molecule has 1 fully saturated rings. The zero-order valence-electron chi connectivity index (χ0n) is 14.3. The smallest absolute Gasteiger partial charge is 0.411 e. The van der Waals surface area contributed by atoms with Crippen molar-refractivity contribution in [1.82, 2.24) is 10.2 Å². The van der Waals surface area contributed by atoms with Gasteiger partial charge in [-0.25, -0.2) is 13.6 Å². The molecule has 2 rings (SSSR count). The van der Waals surface area contributed by atoms with Gasteiger partial charge in [0.1, 0.15) is 23.6 Å². The summed E-state index contributed by atoms with van der Waals surface area (Å²) in [7, 11) is 0. The highest BCUT2D eigenvalue weighted by molar-refractivity contribution is 6.30. The van der Waals surface area contributed by atoms with Gasteiger partial charge in [-0.2, -0.15) is 0 Å². The Labute approximate surface area is 150 Å². The molecule has 2 atom stereocenters. The van der Waals surface area contributed by atoms with Crippen molar-refractivity contribution in [2.24, 2.45) is 0 Å². The van der Waals surface area contributed by atoms with E-state index in [0.29, 0.717) is 0 Å². The van der Waals surface area contributed by atoms with Crippen molar-refractivity contribution < 1.29 is 23.1 Å². The Hall–Kier alpha value is -1.89. The first kappa shape index (κ1) is 19.4. The average molecular weight is 375 g/mol. The van der Waals surface area contributed by atoms with Crippen LogP contribution < -0.4 is 5.32 Å². The van der Waals surface area contributed by atoms with E-state index in [9.17, 15) is 18.4 Å². The maximum absolute atomic E-state index is 14.1. The number of hydrogen-bond acceptors (Lipinski definition) is 3. The molecule has 1 heterocycles. The number of carbonyl (C=O) groups excluding carboxylic acids is 2. The molecule has 8 heteroatoms. The second kappa shape index (κ2) is 7.56. The Morgan fingerprint density at radius 1 is 1.40 bits per heavy atom. The van der Waals surface area contributed by atoms with Gasteiger partial charge >= 0.3 is 6.09 Å². The largest absolute Gasteiger partial charge is 0.444 e. The highest BCUT2D eigenvalue weighted by atomic mass is 35.5. The number of alkyl halides is 1. The molecule has 1 aromatic carbocycles. The van der Waals surface area contributed by atoms with Crippen molar-refractivity contribution in [3.05, 3.63) is 34.6 Å². The minimum Gasteiger partial charge on any atom is -0.444 e. The van der Waals surface area contributed by atoms with Crippen LogP contribution in [0.3, 0.4) is 0 Å². The first-order valence-electron chi connectivity index (χ1n) is 7.94. The number of amides is 2. The lowest BCUT2D eigenvalue weighted by atomic mass is 10.1. The van der Waals surface area contributed by atoms with Crippen LogP contribution in [0.1, 0.15) is 32.8 Å². The maximum atomic E-state index is 14.1. The number of nitrogens with zero attached hydrogens (tertiary/aromatic N) is 1. The van der Waals surface area contributed by atoms with Crippen LogP contribution in [-0.4, -0.2) is 41.3 Å². The Kier molecular flexibility index (Phi) is 5.87. The molecule has 0 aliphatic carbocycles. The fraction of sp³-hybridized carbons (Fsp3) is 0.529. The first-order chi connectivity index (χ1) is 11.6. The van der Waals surface area contributed by atoms with E-state index in [-0.39, 0.29) is 30.1 Å². The maximum Gasteiger partial charge on any atom is 0.411 e. The molecule has 0 saturated carbocycles. The molecule has 25 heavy (non-hydrogen) atoms. The van der Waals surface area contributed by atoms with E-state index in [1.54, 1.807) is 26.8 Å². The Morgan fingerprint density at radius 2 is 2.08 bits per heavy atom. The predicted molar refractivity (Wildman–Crippen MR) is 89.5 cm³/mol. The van der Waals surface area contributed by atoms with E-state index in [1.165, 1.54) is 12.1 Å². The van der Waals surface area contributed by atoms with Crippen molar-refractivity contribution in [3.8, 4) is 0 Å². The lowest BCUT2D eigenvalue weighted by Gasteiger charge is -2.28. The molecule has 5 nitrogen and oxygen atoms in total. The third-order valence-corrected chi connectivity index (χ3v) is 4.00. The van der Waals surface area contributed by atoms with Gasteiger partial charge in [0.05, 0.1) is 5.02 Å². The lowest BCUT2D eigenvalue weighted by molar-refractivity contribution is -0.127. The van der Waals surface area contributed by atoms with Crippen molar-refractivity contribution >= 4 is 23.6 Å². The summed E-state index contributed by atoms with van der Waals surface area (Å²) in [5, 5.41) is 2.40. The van der Waals surface area contributed by atoms with Crippen LogP contribution >= 0.6 is 11.6 Å². The minimum atomic E-state index is -1.50. The topological polar surface area (TPSA) is 58.6 Å². The molecular weight excluding hydrogens is 354 g/mol. The molecule has 1 aliphatic rings. The van der Waals surface area contributed by atoms with E-state index in [2.05, 4.69) is 5.32 Å². The van der Waals surface area contributed by atoms with E-state index in [1.807, 2.05) is 0 Å². The van der Waals surface area contributed by atoms with Gasteiger partial charge in [0.15, 0.2) is 0 Å². The molecule has 0 aromatic heterocycles. The van der Waals surface area contributed by atoms with Gasteiger partial charge in [-0.05, 0) is 33.3 Å². The zero-order valence-corrected chi connectivity index (χ0v) is 15.1. The second-order valence-electron chi connectivity index (χ2n) is 6.85. The number of nitrogens with one attached hydrogen (secondary N) is 1. The molecule has 1 saturated heterocycles. The standard InChI is InChI=1S/C17H21ClF2N2O3/c1-17(2,3)25-16(24)22-8-7-12(19)14(22)15(23)21-9-10-5-4-6-11(18)13(10)20/h4-6,12,14H,7-9H2,1-3H3,(H,21,23)/t12-,14+/m1/s1. The van der Waals surface area contributed by atoms with Crippen molar-refractivity contribution in [3.63, 3.8) is 0 Å². The number of ether oxygens (including phenoxy) is 1. The van der Waals surface area contributed by atoms with Gasteiger partial charge in [0.25, 0.3) is 0 Å².